The first-order chi connectivity index (χ1) is 7.92. The molecule has 2 aromatic heterocycles. The largest absolute Gasteiger partial charge is 0.375 e. The minimum absolute atomic E-state index is 0.197. The molecule has 6 nitrogen and oxygen atoms in total. The van der Waals surface area contributed by atoms with Crippen molar-refractivity contribution in [1.82, 2.24) is 25.3 Å². The summed E-state index contributed by atoms with van der Waals surface area (Å²) in [5, 5.41) is 3.29. The van der Waals surface area contributed by atoms with Gasteiger partial charge in [0.05, 0.1) is 18.9 Å². The number of morpholine rings is 1. The highest BCUT2D eigenvalue weighted by molar-refractivity contribution is 5.68. The van der Waals surface area contributed by atoms with Gasteiger partial charge >= 0.3 is 0 Å². The van der Waals surface area contributed by atoms with Gasteiger partial charge in [-0.1, -0.05) is 0 Å². The molecule has 16 heavy (non-hydrogen) atoms. The number of imidazole rings is 1. The van der Waals surface area contributed by atoms with Crippen LogP contribution in [-0.2, 0) is 11.2 Å². The molecule has 2 aromatic rings. The van der Waals surface area contributed by atoms with Crippen LogP contribution in [0.4, 0.5) is 0 Å². The Labute approximate surface area is 92.5 Å². The Kier molecular flexibility index (Phi) is 2.51. The van der Waals surface area contributed by atoms with Crippen LogP contribution in [-0.4, -0.2) is 45.7 Å². The van der Waals surface area contributed by atoms with E-state index in [0.717, 1.165) is 37.5 Å². The zero-order valence-electron chi connectivity index (χ0n) is 8.81. The van der Waals surface area contributed by atoms with Gasteiger partial charge in [0.2, 0.25) is 0 Å². The monoisotopic (exact) mass is 219 g/mol. The maximum Gasteiger partial charge on any atom is 0.180 e. The van der Waals surface area contributed by atoms with Crippen LogP contribution in [0.25, 0.3) is 11.2 Å². The Bertz CT molecular complexity index is 444. The van der Waals surface area contributed by atoms with Gasteiger partial charge in [-0.3, -0.25) is 0 Å². The van der Waals surface area contributed by atoms with Crippen molar-refractivity contribution < 1.29 is 4.74 Å². The van der Waals surface area contributed by atoms with Crippen LogP contribution in [0.15, 0.2) is 12.5 Å². The molecule has 0 radical (unpaired) electrons. The van der Waals surface area contributed by atoms with E-state index < -0.39 is 0 Å². The topological polar surface area (TPSA) is 75.7 Å². The summed E-state index contributed by atoms with van der Waals surface area (Å²) in [5.74, 6) is 0.907. The van der Waals surface area contributed by atoms with Crippen molar-refractivity contribution in [3.05, 3.63) is 18.3 Å². The van der Waals surface area contributed by atoms with Gasteiger partial charge in [-0.2, -0.15) is 0 Å². The van der Waals surface area contributed by atoms with Crippen molar-refractivity contribution in [3.63, 3.8) is 0 Å². The van der Waals surface area contributed by atoms with E-state index >= 15 is 0 Å². The first-order valence-electron chi connectivity index (χ1n) is 5.39. The maximum atomic E-state index is 5.62. The molecule has 1 unspecified atom stereocenters. The summed E-state index contributed by atoms with van der Waals surface area (Å²) < 4.78 is 5.62. The molecule has 0 aliphatic carbocycles. The maximum absolute atomic E-state index is 5.62. The molecule has 1 aliphatic heterocycles. The Morgan fingerprint density at radius 2 is 2.50 bits per heavy atom. The van der Waals surface area contributed by atoms with Gasteiger partial charge in [-0.15, -0.1) is 0 Å². The van der Waals surface area contributed by atoms with Crippen LogP contribution < -0.4 is 5.32 Å². The zero-order valence-corrected chi connectivity index (χ0v) is 8.81. The molecular formula is C10H13N5O. The van der Waals surface area contributed by atoms with Gasteiger partial charge < -0.3 is 15.0 Å². The lowest BCUT2D eigenvalue weighted by atomic mass is 10.2. The predicted octanol–water partition coefficient (Wildman–Crippen LogP) is -0.116. The molecule has 84 valence electrons. The van der Waals surface area contributed by atoms with Crippen molar-refractivity contribution >= 4 is 11.2 Å². The molecule has 0 aromatic carbocycles. The van der Waals surface area contributed by atoms with Crippen molar-refractivity contribution in [2.45, 2.75) is 12.5 Å². The molecule has 3 heterocycles. The zero-order chi connectivity index (χ0) is 10.8. The number of ether oxygens (including phenoxy) is 1. The standard InChI is InChI=1S/C10H13N5O/c1-2-16-7(4-11-1)3-9-14-8-5-12-6-13-10(8)15-9/h5-7,11H,1-4H2,(H,12,13,14,15). The average Bonchev–Trinajstić information content (AvgIpc) is 2.72. The first-order valence-corrected chi connectivity index (χ1v) is 5.39. The van der Waals surface area contributed by atoms with Crippen molar-refractivity contribution in [2.24, 2.45) is 0 Å². The third-order valence-electron chi connectivity index (χ3n) is 2.64. The number of rotatable bonds is 2. The average molecular weight is 219 g/mol. The number of nitrogens with zero attached hydrogens (tertiary/aromatic N) is 3. The van der Waals surface area contributed by atoms with Crippen molar-refractivity contribution in [1.29, 1.82) is 0 Å². The van der Waals surface area contributed by atoms with E-state index in [1.807, 2.05) is 0 Å². The molecule has 1 aliphatic rings. The minimum atomic E-state index is 0.197. The molecule has 0 amide bonds. The van der Waals surface area contributed by atoms with Crippen molar-refractivity contribution in [2.75, 3.05) is 19.7 Å². The van der Waals surface area contributed by atoms with Gasteiger partial charge in [0.15, 0.2) is 5.65 Å². The second kappa shape index (κ2) is 4.15. The number of hydrogen-bond acceptors (Lipinski definition) is 5. The smallest absolute Gasteiger partial charge is 0.180 e. The summed E-state index contributed by atoms with van der Waals surface area (Å²) in [6.45, 7) is 2.58. The van der Waals surface area contributed by atoms with Gasteiger partial charge in [-0.05, 0) is 0 Å². The third-order valence-corrected chi connectivity index (χ3v) is 2.64. The van der Waals surface area contributed by atoms with Crippen LogP contribution in [0, 0.1) is 0 Å². The molecule has 6 heteroatoms. The van der Waals surface area contributed by atoms with Gasteiger partial charge in [0.1, 0.15) is 17.7 Å². The summed E-state index contributed by atoms with van der Waals surface area (Å²) in [7, 11) is 0. The Hall–Kier alpha value is -1.53. The van der Waals surface area contributed by atoms with Crippen LogP contribution in [0.2, 0.25) is 0 Å². The fraction of sp³-hybridized carbons (Fsp3) is 0.500. The SMILES string of the molecule is c1ncc2[nH]c(CC3CNCCO3)nc2n1. The van der Waals surface area contributed by atoms with E-state index in [0.29, 0.717) is 5.65 Å². The lowest BCUT2D eigenvalue weighted by molar-refractivity contribution is 0.0282. The van der Waals surface area contributed by atoms with E-state index in [2.05, 4.69) is 25.3 Å². The second-order valence-corrected chi connectivity index (χ2v) is 3.84. The molecule has 2 N–H and O–H groups in total. The van der Waals surface area contributed by atoms with Crippen LogP contribution >= 0.6 is 0 Å². The fourth-order valence-electron chi connectivity index (χ4n) is 1.87. The minimum Gasteiger partial charge on any atom is -0.375 e. The van der Waals surface area contributed by atoms with E-state index in [-0.39, 0.29) is 6.10 Å². The molecule has 0 bridgehead atoms. The Morgan fingerprint density at radius 3 is 3.31 bits per heavy atom. The van der Waals surface area contributed by atoms with E-state index in [1.165, 1.54) is 6.33 Å². The molecule has 0 saturated carbocycles. The van der Waals surface area contributed by atoms with Crippen LogP contribution in [0.5, 0.6) is 0 Å². The summed E-state index contributed by atoms with van der Waals surface area (Å²) in [6.07, 6.45) is 4.22. The second-order valence-electron chi connectivity index (χ2n) is 3.84. The summed E-state index contributed by atoms with van der Waals surface area (Å²) in [6, 6.07) is 0. The molecule has 1 saturated heterocycles. The summed E-state index contributed by atoms with van der Waals surface area (Å²) in [5.41, 5.74) is 1.59. The summed E-state index contributed by atoms with van der Waals surface area (Å²) in [4.78, 5) is 15.6. The van der Waals surface area contributed by atoms with Gasteiger partial charge in [-0.25, -0.2) is 15.0 Å². The van der Waals surface area contributed by atoms with Gasteiger partial charge in [0.25, 0.3) is 0 Å². The number of hydrogen-bond donors (Lipinski definition) is 2. The lowest BCUT2D eigenvalue weighted by Crippen LogP contribution is -2.39. The predicted molar refractivity (Wildman–Crippen MR) is 58.0 cm³/mol. The number of nitrogens with one attached hydrogen (secondary N) is 2. The quantitative estimate of drug-likeness (QED) is 0.736. The molecule has 3 rings (SSSR count). The Balaban J connectivity index is 1.78. The van der Waals surface area contributed by atoms with E-state index in [1.54, 1.807) is 6.20 Å². The highest BCUT2D eigenvalue weighted by Crippen LogP contribution is 2.09. The van der Waals surface area contributed by atoms with Gasteiger partial charge in [0, 0.05) is 19.5 Å². The van der Waals surface area contributed by atoms with E-state index in [4.69, 9.17) is 4.74 Å². The lowest BCUT2D eigenvalue weighted by Gasteiger charge is -2.22. The molecule has 0 spiro atoms. The molecule has 1 fully saturated rings. The molecular weight excluding hydrogens is 206 g/mol. The number of fused-ring (bicyclic) bond motifs is 1. The number of aromatic nitrogens is 4. The fourth-order valence-corrected chi connectivity index (χ4v) is 1.87. The number of aromatic amines is 1. The van der Waals surface area contributed by atoms with Crippen LogP contribution in [0.1, 0.15) is 5.82 Å². The highest BCUT2D eigenvalue weighted by Gasteiger charge is 2.16. The van der Waals surface area contributed by atoms with Crippen LogP contribution in [0.3, 0.4) is 0 Å². The third kappa shape index (κ3) is 1.89. The summed E-state index contributed by atoms with van der Waals surface area (Å²) >= 11 is 0. The Morgan fingerprint density at radius 1 is 1.50 bits per heavy atom. The van der Waals surface area contributed by atoms with E-state index in [9.17, 15) is 0 Å². The normalized spacial score (nSPS) is 21.4. The highest BCUT2D eigenvalue weighted by atomic mass is 16.5. The number of H-pyrrole nitrogens is 1. The molecule has 1 atom stereocenters. The van der Waals surface area contributed by atoms with Crippen molar-refractivity contribution in [3.8, 4) is 0 Å². The first kappa shape index (κ1) is 9.68.